The quantitative estimate of drug-likeness (QED) is 0.775. The van der Waals surface area contributed by atoms with Gasteiger partial charge in [-0.15, -0.1) is 0 Å². The van der Waals surface area contributed by atoms with Crippen LogP contribution in [-0.4, -0.2) is 11.1 Å². The van der Waals surface area contributed by atoms with Crippen molar-refractivity contribution < 1.29 is 9.32 Å². The van der Waals surface area contributed by atoms with Crippen molar-refractivity contribution in [2.75, 3.05) is 5.32 Å². The van der Waals surface area contributed by atoms with Crippen LogP contribution in [0.25, 0.3) is 0 Å². The fraction of sp³-hybridized carbons (Fsp3) is 0.556. The molecule has 1 N–H and O–H groups in total. The number of rotatable bonds is 4. The number of anilines is 1. The molecule has 13 heavy (non-hydrogen) atoms. The summed E-state index contributed by atoms with van der Waals surface area (Å²) in [6.45, 7) is 3.89. The Kier molecular flexibility index (Phi) is 3.49. The van der Waals surface area contributed by atoms with E-state index in [0.29, 0.717) is 12.2 Å². The van der Waals surface area contributed by atoms with Crippen LogP contribution in [0.3, 0.4) is 0 Å². The van der Waals surface area contributed by atoms with Crippen LogP contribution in [0.2, 0.25) is 0 Å². The summed E-state index contributed by atoms with van der Waals surface area (Å²) in [4.78, 5) is 11.2. The summed E-state index contributed by atoms with van der Waals surface area (Å²) in [6.07, 6.45) is 3.98. The van der Waals surface area contributed by atoms with Gasteiger partial charge in [0, 0.05) is 12.0 Å². The predicted octanol–water partition coefficient (Wildman–Crippen LogP) is 2.11. The van der Waals surface area contributed by atoms with Gasteiger partial charge in [0.1, 0.15) is 6.26 Å². The second kappa shape index (κ2) is 4.64. The van der Waals surface area contributed by atoms with Crippen LogP contribution >= 0.6 is 0 Å². The van der Waals surface area contributed by atoms with Gasteiger partial charge in [-0.3, -0.25) is 4.79 Å². The van der Waals surface area contributed by atoms with Crippen LogP contribution < -0.4 is 5.32 Å². The van der Waals surface area contributed by atoms with Crippen LogP contribution in [0, 0.1) is 6.92 Å². The summed E-state index contributed by atoms with van der Waals surface area (Å²) in [5, 5.41) is 6.34. The normalized spacial score (nSPS) is 10.0. The van der Waals surface area contributed by atoms with Crippen LogP contribution in [0.5, 0.6) is 0 Å². The highest BCUT2D eigenvalue weighted by atomic mass is 16.5. The second-order valence-corrected chi connectivity index (χ2v) is 3.00. The number of hydrogen-bond donors (Lipinski definition) is 1. The minimum absolute atomic E-state index is 0.00106. The zero-order chi connectivity index (χ0) is 9.68. The number of aryl methyl sites for hydroxylation is 1. The summed E-state index contributed by atoms with van der Waals surface area (Å²) in [5.41, 5.74) is 0.852. The van der Waals surface area contributed by atoms with Gasteiger partial charge in [0.2, 0.25) is 5.91 Å². The topological polar surface area (TPSA) is 55.1 Å². The van der Waals surface area contributed by atoms with Crippen LogP contribution in [0.15, 0.2) is 10.8 Å². The number of hydrogen-bond acceptors (Lipinski definition) is 3. The minimum Gasteiger partial charge on any atom is -0.362 e. The fourth-order valence-electron chi connectivity index (χ4n) is 0.939. The number of aromatic nitrogens is 1. The predicted molar refractivity (Wildman–Crippen MR) is 49.4 cm³/mol. The molecule has 0 aromatic carbocycles. The first-order valence-electron chi connectivity index (χ1n) is 4.45. The van der Waals surface area contributed by atoms with E-state index in [4.69, 9.17) is 0 Å². The molecule has 0 spiro atoms. The van der Waals surface area contributed by atoms with Crippen molar-refractivity contribution >= 4 is 11.7 Å². The molecule has 1 aromatic rings. The van der Waals surface area contributed by atoms with Crippen molar-refractivity contribution in [3.05, 3.63) is 11.8 Å². The van der Waals surface area contributed by atoms with E-state index in [1.807, 2.05) is 6.92 Å². The number of carbonyl (C=O) groups excluding carboxylic acids is 1. The first kappa shape index (κ1) is 9.77. The minimum atomic E-state index is -0.00106. The highest BCUT2D eigenvalue weighted by molar-refractivity contribution is 5.90. The molecule has 0 radical (unpaired) electrons. The number of amides is 1. The lowest BCUT2D eigenvalue weighted by molar-refractivity contribution is -0.116. The van der Waals surface area contributed by atoms with Crippen LogP contribution in [0.4, 0.5) is 5.82 Å². The summed E-state index contributed by atoms with van der Waals surface area (Å²) < 4.78 is 4.69. The van der Waals surface area contributed by atoms with Gasteiger partial charge in [-0.1, -0.05) is 18.5 Å². The van der Waals surface area contributed by atoms with Gasteiger partial charge in [0.15, 0.2) is 5.82 Å². The van der Waals surface area contributed by atoms with E-state index in [1.54, 1.807) is 0 Å². The first-order chi connectivity index (χ1) is 6.24. The Balaban J connectivity index is 2.41. The van der Waals surface area contributed by atoms with E-state index >= 15 is 0 Å². The van der Waals surface area contributed by atoms with E-state index in [0.717, 1.165) is 18.4 Å². The van der Waals surface area contributed by atoms with E-state index < -0.39 is 0 Å². The van der Waals surface area contributed by atoms with Gasteiger partial charge in [0.25, 0.3) is 0 Å². The maximum atomic E-state index is 11.2. The average Bonchev–Trinajstić information content (AvgIpc) is 2.48. The Labute approximate surface area is 77.3 Å². The molecular formula is C9H14N2O2. The second-order valence-electron chi connectivity index (χ2n) is 3.00. The van der Waals surface area contributed by atoms with Crippen LogP contribution in [0.1, 0.15) is 31.7 Å². The molecule has 1 aromatic heterocycles. The summed E-state index contributed by atoms with van der Waals surface area (Å²) in [7, 11) is 0. The zero-order valence-electron chi connectivity index (χ0n) is 7.96. The van der Waals surface area contributed by atoms with Gasteiger partial charge in [-0.2, -0.15) is 0 Å². The standard InChI is InChI=1S/C9H14N2O2/c1-3-4-5-8(12)10-9-7(2)6-13-11-9/h6H,3-5H2,1-2H3,(H,10,11,12). The number of unbranched alkanes of at least 4 members (excludes halogenated alkanes) is 1. The van der Waals surface area contributed by atoms with Crippen molar-refractivity contribution in [1.29, 1.82) is 0 Å². The van der Waals surface area contributed by atoms with Gasteiger partial charge in [-0.05, 0) is 13.3 Å². The van der Waals surface area contributed by atoms with Gasteiger partial charge < -0.3 is 9.84 Å². The molecule has 0 unspecified atom stereocenters. The molecule has 0 atom stereocenters. The van der Waals surface area contributed by atoms with Gasteiger partial charge in [0.05, 0.1) is 0 Å². The number of carbonyl (C=O) groups is 1. The van der Waals surface area contributed by atoms with Gasteiger partial charge >= 0.3 is 0 Å². The molecule has 1 heterocycles. The van der Waals surface area contributed by atoms with E-state index in [2.05, 4.69) is 21.9 Å². The van der Waals surface area contributed by atoms with E-state index in [-0.39, 0.29) is 5.91 Å². The van der Waals surface area contributed by atoms with Crippen LogP contribution in [-0.2, 0) is 4.79 Å². The van der Waals surface area contributed by atoms with E-state index in [9.17, 15) is 4.79 Å². The average molecular weight is 182 g/mol. The highest BCUT2D eigenvalue weighted by Crippen LogP contribution is 2.11. The Morgan fingerprint density at radius 3 is 3.00 bits per heavy atom. The Bertz CT molecular complexity index is 281. The van der Waals surface area contributed by atoms with Crippen molar-refractivity contribution in [3.8, 4) is 0 Å². The molecule has 0 saturated carbocycles. The SMILES string of the molecule is CCCCC(=O)Nc1nocc1C. The largest absolute Gasteiger partial charge is 0.362 e. The molecule has 0 saturated heterocycles. The molecular weight excluding hydrogens is 168 g/mol. The molecule has 72 valence electrons. The van der Waals surface area contributed by atoms with Crippen molar-refractivity contribution in [2.45, 2.75) is 33.1 Å². The third kappa shape index (κ3) is 2.89. The van der Waals surface area contributed by atoms with E-state index in [1.165, 1.54) is 6.26 Å². The summed E-state index contributed by atoms with van der Waals surface area (Å²) in [5.74, 6) is 0.528. The van der Waals surface area contributed by atoms with Crippen molar-refractivity contribution in [3.63, 3.8) is 0 Å². The molecule has 0 bridgehead atoms. The number of nitrogens with one attached hydrogen (secondary N) is 1. The lowest BCUT2D eigenvalue weighted by atomic mass is 10.2. The van der Waals surface area contributed by atoms with Gasteiger partial charge in [-0.25, -0.2) is 0 Å². The third-order valence-corrected chi connectivity index (χ3v) is 1.76. The summed E-state index contributed by atoms with van der Waals surface area (Å²) >= 11 is 0. The maximum absolute atomic E-state index is 11.2. The van der Waals surface area contributed by atoms with Crippen molar-refractivity contribution in [2.24, 2.45) is 0 Å². The van der Waals surface area contributed by atoms with Crippen molar-refractivity contribution in [1.82, 2.24) is 5.16 Å². The summed E-state index contributed by atoms with van der Waals surface area (Å²) in [6, 6.07) is 0. The first-order valence-corrected chi connectivity index (χ1v) is 4.45. The highest BCUT2D eigenvalue weighted by Gasteiger charge is 2.06. The lowest BCUT2D eigenvalue weighted by Gasteiger charge is -2.00. The molecule has 4 nitrogen and oxygen atoms in total. The molecule has 0 aliphatic carbocycles. The molecule has 4 heteroatoms. The third-order valence-electron chi connectivity index (χ3n) is 1.76. The molecule has 0 fully saturated rings. The molecule has 1 rings (SSSR count). The smallest absolute Gasteiger partial charge is 0.225 e. The maximum Gasteiger partial charge on any atom is 0.225 e. The lowest BCUT2D eigenvalue weighted by Crippen LogP contribution is -2.11. The zero-order valence-corrected chi connectivity index (χ0v) is 7.96. The Hall–Kier alpha value is -1.32. The fourth-order valence-corrected chi connectivity index (χ4v) is 0.939. The number of nitrogens with zero attached hydrogens (tertiary/aromatic N) is 1. The molecule has 1 amide bonds. The molecule has 0 aliphatic rings. The Morgan fingerprint density at radius 2 is 2.46 bits per heavy atom. The molecule has 0 aliphatic heterocycles. The Morgan fingerprint density at radius 1 is 1.69 bits per heavy atom. The monoisotopic (exact) mass is 182 g/mol.